The molecule has 0 radical (unpaired) electrons. The molecule has 4 heteroatoms. The van der Waals surface area contributed by atoms with Crippen LogP contribution in [0.25, 0.3) is 0 Å². The Hall–Kier alpha value is -0.160. The molecule has 0 aromatic carbocycles. The summed E-state index contributed by atoms with van der Waals surface area (Å²) < 4.78 is 0. The summed E-state index contributed by atoms with van der Waals surface area (Å²) in [5, 5.41) is 13.8. The van der Waals surface area contributed by atoms with Gasteiger partial charge in [-0.05, 0) is 37.6 Å². The number of rotatable bonds is 8. The lowest BCUT2D eigenvalue weighted by Gasteiger charge is -2.40. The zero-order valence-corrected chi connectivity index (χ0v) is 12.9. The number of likely N-dealkylation sites (tertiary alicyclic amines) is 1. The van der Waals surface area contributed by atoms with Gasteiger partial charge < -0.3 is 21.1 Å². The number of piperidine rings is 1. The number of aliphatic hydroxyl groups is 1. The van der Waals surface area contributed by atoms with E-state index in [4.69, 9.17) is 5.73 Å². The maximum absolute atomic E-state index is 10.1. The van der Waals surface area contributed by atoms with Crippen LogP contribution in [0.2, 0.25) is 0 Å². The van der Waals surface area contributed by atoms with Gasteiger partial charge in [0.2, 0.25) is 0 Å². The van der Waals surface area contributed by atoms with Gasteiger partial charge in [0, 0.05) is 32.2 Å². The Balaban J connectivity index is 2.45. The monoisotopic (exact) mass is 271 g/mol. The predicted molar refractivity (Wildman–Crippen MR) is 81.1 cm³/mol. The van der Waals surface area contributed by atoms with Gasteiger partial charge in [-0.3, -0.25) is 0 Å². The molecule has 1 heterocycles. The van der Waals surface area contributed by atoms with Gasteiger partial charge >= 0.3 is 0 Å². The number of nitrogens with one attached hydrogen (secondary N) is 1. The van der Waals surface area contributed by atoms with E-state index in [1.54, 1.807) is 0 Å². The van der Waals surface area contributed by atoms with E-state index in [1.165, 1.54) is 6.42 Å². The average Bonchev–Trinajstić information content (AvgIpc) is 2.37. The van der Waals surface area contributed by atoms with Gasteiger partial charge in [-0.2, -0.15) is 0 Å². The van der Waals surface area contributed by atoms with Crippen molar-refractivity contribution in [3.63, 3.8) is 0 Å². The Morgan fingerprint density at radius 3 is 2.68 bits per heavy atom. The fraction of sp³-hybridized carbons (Fsp3) is 1.00. The molecule has 0 saturated carbocycles. The number of nitrogens with zero attached hydrogens (tertiary/aromatic N) is 1. The minimum Gasteiger partial charge on any atom is -0.393 e. The highest BCUT2D eigenvalue weighted by Gasteiger charge is 2.30. The SMILES string of the molecule is CCC(O)C1CC(NCCC(C)C)CN(CCN)C1. The maximum Gasteiger partial charge on any atom is 0.0578 e. The molecular weight excluding hydrogens is 238 g/mol. The molecule has 0 aromatic rings. The van der Waals surface area contributed by atoms with Crippen LogP contribution in [-0.4, -0.2) is 54.9 Å². The first-order valence-electron chi connectivity index (χ1n) is 7.90. The first-order chi connectivity index (χ1) is 9.06. The second-order valence-corrected chi connectivity index (χ2v) is 6.35. The minimum absolute atomic E-state index is 0.171. The summed E-state index contributed by atoms with van der Waals surface area (Å²) in [4.78, 5) is 2.40. The highest BCUT2D eigenvalue weighted by Crippen LogP contribution is 2.21. The van der Waals surface area contributed by atoms with Crippen molar-refractivity contribution in [3.8, 4) is 0 Å². The van der Waals surface area contributed by atoms with Crippen molar-refractivity contribution in [2.75, 3.05) is 32.7 Å². The molecule has 114 valence electrons. The average molecular weight is 271 g/mol. The van der Waals surface area contributed by atoms with Crippen LogP contribution in [0.3, 0.4) is 0 Å². The van der Waals surface area contributed by atoms with Gasteiger partial charge in [0.25, 0.3) is 0 Å². The summed E-state index contributed by atoms with van der Waals surface area (Å²) >= 11 is 0. The van der Waals surface area contributed by atoms with Crippen LogP contribution in [0.5, 0.6) is 0 Å². The van der Waals surface area contributed by atoms with Crippen molar-refractivity contribution in [2.45, 2.75) is 52.2 Å². The highest BCUT2D eigenvalue weighted by molar-refractivity contribution is 4.86. The van der Waals surface area contributed by atoms with E-state index in [0.29, 0.717) is 18.5 Å². The van der Waals surface area contributed by atoms with Gasteiger partial charge in [0.1, 0.15) is 0 Å². The van der Waals surface area contributed by atoms with Crippen LogP contribution in [0.15, 0.2) is 0 Å². The smallest absolute Gasteiger partial charge is 0.0578 e. The largest absolute Gasteiger partial charge is 0.393 e. The molecule has 1 fully saturated rings. The standard InChI is InChI=1S/C15H33N3O/c1-4-15(19)13-9-14(17-7-5-12(2)3)11-18(10-13)8-6-16/h12-15,17,19H,4-11,16H2,1-3H3. The van der Waals surface area contributed by atoms with Crippen LogP contribution in [0, 0.1) is 11.8 Å². The van der Waals surface area contributed by atoms with Gasteiger partial charge in [-0.15, -0.1) is 0 Å². The second kappa shape index (κ2) is 8.90. The van der Waals surface area contributed by atoms with Crippen LogP contribution < -0.4 is 11.1 Å². The van der Waals surface area contributed by atoms with E-state index in [0.717, 1.165) is 44.9 Å². The lowest BCUT2D eigenvalue weighted by atomic mass is 9.88. The Bertz CT molecular complexity index is 235. The molecule has 1 rings (SSSR count). The molecule has 0 aromatic heterocycles. The number of hydrogen-bond donors (Lipinski definition) is 3. The molecule has 19 heavy (non-hydrogen) atoms. The van der Waals surface area contributed by atoms with Crippen LogP contribution >= 0.6 is 0 Å². The molecule has 1 aliphatic rings. The minimum atomic E-state index is -0.171. The Morgan fingerprint density at radius 1 is 1.37 bits per heavy atom. The highest BCUT2D eigenvalue weighted by atomic mass is 16.3. The number of hydrogen-bond acceptors (Lipinski definition) is 4. The normalized spacial score (nSPS) is 26.8. The molecule has 0 bridgehead atoms. The molecule has 3 unspecified atom stereocenters. The van der Waals surface area contributed by atoms with E-state index in [-0.39, 0.29) is 6.10 Å². The molecule has 4 nitrogen and oxygen atoms in total. The molecule has 0 aliphatic carbocycles. The third-order valence-electron chi connectivity index (χ3n) is 4.12. The zero-order valence-electron chi connectivity index (χ0n) is 12.9. The van der Waals surface area contributed by atoms with Crippen LogP contribution in [-0.2, 0) is 0 Å². The van der Waals surface area contributed by atoms with Crippen molar-refractivity contribution in [1.82, 2.24) is 10.2 Å². The quantitative estimate of drug-likeness (QED) is 0.617. The van der Waals surface area contributed by atoms with Gasteiger partial charge in [-0.1, -0.05) is 20.8 Å². The molecule has 1 aliphatic heterocycles. The summed E-state index contributed by atoms with van der Waals surface area (Å²) in [5.74, 6) is 1.13. The number of aliphatic hydroxyl groups excluding tert-OH is 1. The summed E-state index contributed by atoms with van der Waals surface area (Å²) in [5.41, 5.74) is 5.67. The van der Waals surface area contributed by atoms with Gasteiger partial charge in [0.15, 0.2) is 0 Å². The first-order valence-corrected chi connectivity index (χ1v) is 7.90. The molecule has 3 atom stereocenters. The lowest BCUT2D eigenvalue weighted by Crippen LogP contribution is -2.52. The summed E-state index contributed by atoms with van der Waals surface area (Å²) in [6, 6.07) is 0.505. The van der Waals surface area contributed by atoms with E-state index < -0.39 is 0 Å². The van der Waals surface area contributed by atoms with Crippen molar-refractivity contribution in [3.05, 3.63) is 0 Å². The van der Waals surface area contributed by atoms with Crippen molar-refractivity contribution < 1.29 is 5.11 Å². The van der Waals surface area contributed by atoms with Crippen LogP contribution in [0.1, 0.15) is 40.0 Å². The van der Waals surface area contributed by atoms with E-state index in [9.17, 15) is 5.11 Å². The molecule has 1 saturated heterocycles. The third kappa shape index (κ3) is 6.21. The van der Waals surface area contributed by atoms with Crippen molar-refractivity contribution in [2.24, 2.45) is 17.6 Å². The second-order valence-electron chi connectivity index (χ2n) is 6.35. The summed E-state index contributed by atoms with van der Waals surface area (Å²) in [6.45, 7) is 11.4. The third-order valence-corrected chi connectivity index (χ3v) is 4.12. The molecule has 4 N–H and O–H groups in total. The van der Waals surface area contributed by atoms with E-state index in [2.05, 4.69) is 31.0 Å². The molecule has 0 spiro atoms. The van der Waals surface area contributed by atoms with Gasteiger partial charge in [-0.25, -0.2) is 0 Å². The zero-order chi connectivity index (χ0) is 14.3. The molecular formula is C15H33N3O. The Kier molecular flexibility index (Phi) is 7.91. The van der Waals surface area contributed by atoms with Crippen LogP contribution in [0.4, 0.5) is 0 Å². The fourth-order valence-electron chi connectivity index (χ4n) is 2.93. The van der Waals surface area contributed by atoms with E-state index >= 15 is 0 Å². The van der Waals surface area contributed by atoms with Crippen molar-refractivity contribution >= 4 is 0 Å². The maximum atomic E-state index is 10.1. The topological polar surface area (TPSA) is 61.5 Å². The first kappa shape index (κ1) is 16.9. The lowest BCUT2D eigenvalue weighted by molar-refractivity contribution is 0.0366. The predicted octanol–water partition coefficient (Wildman–Crippen LogP) is 1.04. The summed E-state index contributed by atoms with van der Waals surface area (Å²) in [7, 11) is 0. The van der Waals surface area contributed by atoms with Crippen molar-refractivity contribution in [1.29, 1.82) is 0 Å². The Morgan fingerprint density at radius 2 is 2.11 bits per heavy atom. The summed E-state index contributed by atoms with van der Waals surface area (Å²) in [6.07, 6.45) is 2.98. The number of nitrogens with two attached hydrogens (primary N) is 1. The molecule has 0 amide bonds. The Labute approximate surface area is 118 Å². The van der Waals surface area contributed by atoms with E-state index in [1.807, 2.05) is 0 Å². The fourth-order valence-corrected chi connectivity index (χ4v) is 2.93. The van der Waals surface area contributed by atoms with Gasteiger partial charge in [0.05, 0.1) is 6.10 Å².